The largest absolute Gasteiger partial charge is 0.573 e. The molecule has 0 atom stereocenters. The summed E-state index contributed by atoms with van der Waals surface area (Å²) in [4.78, 5) is 35.0. The van der Waals surface area contributed by atoms with Crippen molar-refractivity contribution in [1.29, 1.82) is 0 Å². The number of nitrogens with one attached hydrogen (secondary N) is 2. The van der Waals surface area contributed by atoms with Gasteiger partial charge in [0, 0.05) is 44.7 Å². The van der Waals surface area contributed by atoms with Crippen molar-refractivity contribution in [2.45, 2.75) is 19.2 Å². The number of urea groups is 1. The third-order valence-electron chi connectivity index (χ3n) is 5.79. The molecule has 0 radical (unpaired) electrons. The van der Waals surface area contributed by atoms with Crippen LogP contribution in [-0.2, 0) is 7.05 Å². The predicted molar refractivity (Wildman–Crippen MR) is 129 cm³/mol. The summed E-state index contributed by atoms with van der Waals surface area (Å²) in [5.74, 6) is 0.133. The number of ether oxygens (including phenoxy) is 1. The second-order valence-electron chi connectivity index (χ2n) is 8.26. The number of anilines is 2. The second-order valence-corrected chi connectivity index (χ2v) is 9.30. The normalized spacial score (nSPS) is 14.0. The fourth-order valence-electron chi connectivity index (χ4n) is 4.04. The molecule has 1 fully saturated rings. The number of carbonyl (C=O) groups excluding carboxylic acids is 2. The summed E-state index contributed by atoms with van der Waals surface area (Å²) in [6.45, 7) is 1.81. The number of carbonyl (C=O) groups is 2. The molecule has 2 aromatic heterocycles. The van der Waals surface area contributed by atoms with E-state index in [0.717, 1.165) is 5.52 Å². The molecule has 2 aromatic carbocycles. The van der Waals surface area contributed by atoms with Gasteiger partial charge in [0.1, 0.15) is 5.75 Å². The Morgan fingerprint density at radius 1 is 1.19 bits per heavy atom. The van der Waals surface area contributed by atoms with Crippen LogP contribution < -0.4 is 15.4 Å². The molecule has 4 aromatic rings. The zero-order valence-corrected chi connectivity index (χ0v) is 19.9. The van der Waals surface area contributed by atoms with Gasteiger partial charge >= 0.3 is 12.4 Å². The molecule has 5 rings (SSSR count). The SMILES string of the molecule is Cn1c(Nc2nc3ccc(OC(F)(F)F)cc3s2)nc2cc(C(=O)CCCN3CCNC3=O)ccc21. The number of Topliss-reactive ketones (excluding diaryl/α,β-unsaturated/α-hetero) is 1. The molecular formula is C23H21F3N6O3S. The lowest BCUT2D eigenvalue weighted by molar-refractivity contribution is -0.274. The number of benzene rings is 2. The summed E-state index contributed by atoms with van der Waals surface area (Å²) in [7, 11) is 1.81. The van der Waals surface area contributed by atoms with Gasteiger partial charge in [-0.05, 0) is 36.8 Å². The van der Waals surface area contributed by atoms with E-state index >= 15 is 0 Å². The number of halogens is 3. The van der Waals surface area contributed by atoms with E-state index in [9.17, 15) is 22.8 Å². The molecule has 3 heterocycles. The zero-order valence-electron chi connectivity index (χ0n) is 19.1. The quantitative estimate of drug-likeness (QED) is 0.325. The fourth-order valence-corrected chi connectivity index (χ4v) is 4.92. The lowest BCUT2D eigenvalue weighted by Crippen LogP contribution is -2.29. The van der Waals surface area contributed by atoms with Gasteiger partial charge in [0.2, 0.25) is 5.95 Å². The summed E-state index contributed by atoms with van der Waals surface area (Å²) < 4.78 is 43.8. The van der Waals surface area contributed by atoms with E-state index in [2.05, 4.69) is 25.3 Å². The number of hydrogen-bond donors (Lipinski definition) is 2. The van der Waals surface area contributed by atoms with Crippen molar-refractivity contribution in [1.82, 2.24) is 24.8 Å². The number of amides is 2. The second kappa shape index (κ2) is 9.30. The van der Waals surface area contributed by atoms with Crippen LogP contribution in [0.5, 0.6) is 5.75 Å². The van der Waals surface area contributed by atoms with Crippen LogP contribution in [0.2, 0.25) is 0 Å². The topological polar surface area (TPSA) is 101 Å². The first-order valence-corrected chi connectivity index (χ1v) is 11.9. The van der Waals surface area contributed by atoms with E-state index in [1.807, 2.05) is 13.1 Å². The van der Waals surface area contributed by atoms with E-state index in [1.54, 1.807) is 21.6 Å². The Bertz CT molecular complexity index is 1460. The smallest absolute Gasteiger partial charge is 0.406 e. The Hall–Kier alpha value is -3.87. The highest BCUT2D eigenvalue weighted by Gasteiger charge is 2.31. The third kappa shape index (κ3) is 5.05. The molecule has 0 aliphatic carbocycles. The van der Waals surface area contributed by atoms with Crippen LogP contribution in [0.25, 0.3) is 21.3 Å². The first kappa shape index (κ1) is 23.9. The Balaban J connectivity index is 1.29. The van der Waals surface area contributed by atoms with E-state index in [0.29, 0.717) is 64.9 Å². The third-order valence-corrected chi connectivity index (χ3v) is 6.73. The number of aryl methyl sites for hydroxylation is 1. The van der Waals surface area contributed by atoms with Gasteiger partial charge in [0.15, 0.2) is 10.9 Å². The number of rotatable bonds is 8. The number of alkyl halides is 3. The summed E-state index contributed by atoms with van der Waals surface area (Å²) in [6.07, 6.45) is -3.87. The molecule has 1 saturated heterocycles. The average Bonchev–Trinajstić information content (AvgIpc) is 3.49. The van der Waals surface area contributed by atoms with Crippen LogP contribution in [-0.4, -0.2) is 57.2 Å². The van der Waals surface area contributed by atoms with Gasteiger partial charge in [0.25, 0.3) is 0 Å². The highest BCUT2D eigenvalue weighted by atomic mass is 32.1. The number of fused-ring (bicyclic) bond motifs is 2. The molecule has 2 amide bonds. The molecule has 9 nitrogen and oxygen atoms in total. The maximum Gasteiger partial charge on any atom is 0.573 e. The summed E-state index contributed by atoms with van der Waals surface area (Å²) in [5, 5.41) is 6.30. The monoisotopic (exact) mass is 518 g/mol. The lowest BCUT2D eigenvalue weighted by Gasteiger charge is -2.13. The molecule has 13 heteroatoms. The average molecular weight is 519 g/mol. The number of ketones is 1. The van der Waals surface area contributed by atoms with Gasteiger partial charge < -0.3 is 24.8 Å². The van der Waals surface area contributed by atoms with E-state index < -0.39 is 6.36 Å². The van der Waals surface area contributed by atoms with Gasteiger partial charge in [0.05, 0.1) is 21.3 Å². The molecule has 0 unspecified atom stereocenters. The number of aromatic nitrogens is 3. The Morgan fingerprint density at radius 3 is 2.78 bits per heavy atom. The van der Waals surface area contributed by atoms with Crippen molar-refractivity contribution in [2.24, 2.45) is 7.05 Å². The Labute approximate surface area is 206 Å². The van der Waals surface area contributed by atoms with Crippen LogP contribution in [0.4, 0.5) is 29.0 Å². The molecule has 1 aliphatic rings. The maximum atomic E-state index is 12.7. The van der Waals surface area contributed by atoms with Gasteiger partial charge in [-0.3, -0.25) is 4.79 Å². The minimum Gasteiger partial charge on any atom is -0.406 e. The van der Waals surface area contributed by atoms with E-state index in [4.69, 9.17) is 0 Å². The van der Waals surface area contributed by atoms with Crippen molar-refractivity contribution in [3.63, 3.8) is 0 Å². The predicted octanol–water partition coefficient (Wildman–Crippen LogP) is 4.81. The molecule has 2 N–H and O–H groups in total. The van der Waals surface area contributed by atoms with Crippen LogP contribution in [0, 0.1) is 0 Å². The first-order chi connectivity index (χ1) is 17.2. The number of imidazole rings is 1. The van der Waals surface area contributed by atoms with Gasteiger partial charge in [-0.25, -0.2) is 14.8 Å². The van der Waals surface area contributed by atoms with E-state index in [-0.39, 0.29) is 17.6 Å². The lowest BCUT2D eigenvalue weighted by atomic mass is 10.1. The van der Waals surface area contributed by atoms with Gasteiger partial charge in [-0.2, -0.15) is 0 Å². The molecule has 188 valence electrons. The number of thiazole rings is 1. The molecule has 0 spiro atoms. The molecule has 0 saturated carbocycles. The number of hydrogen-bond acceptors (Lipinski definition) is 7. The van der Waals surface area contributed by atoms with Crippen molar-refractivity contribution < 1.29 is 27.5 Å². The van der Waals surface area contributed by atoms with Crippen LogP contribution >= 0.6 is 11.3 Å². The summed E-state index contributed by atoms with van der Waals surface area (Å²) in [6, 6.07) is 9.15. The maximum absolute atomic E-state index is 12.7. The van der Waals surface area contributed by atoms with Gasteiger partial charge in [-0.15, -0.1) is 13.2 Å². The summed E-state index contributed by atoms with van der Waals surface area (Å²) in [5.41, 5.74) is 2.47. The molecule has 0 bridgehead atoms. The van der Waals surface area contributed by atoms with Crippen molar-refractivity contribution in [3.05, 3.63) is 42.0 Å². The minimum absolute atomic E-state index is 0.0280. The Morgan fingerprint density at radius 2 is 2.03 bits per heavy atom. The molecule has 1 aliphatic heterocycles. The Kier molecular flexibility index (Phi) is 6.16. The van der Waals surface area contributed by atoms with Crippen molar-refractivity contribution in [2.75, 3.05) is 25.0 Å². The molecular weight excluding hydrogens is 497 g/mol. The fraction of sp³-hybridized carbons (Fsp3) is 0.304. The molecule has 36 heavy (non-hydrogen) atoms. The first-order valence-electron chi connectivity index (χ1n) is 11.1. The van der Waals surface area contributed by atoms with Gasteiger partial charge in [-0.1, -0.05) is 11.3 Å². The minimum atomic E-state index is -4.77. The van der Waals surface area contributed by atoms with Crippen LogP contribution in [0.1, 0.15) is 23.2 Å². The van der Waals surface area contributed by atoms with E-state index in [1.165, 1.54) is 29.5 Å². The number of nitrogens with zero attached hydrogens (tertiary/aromatic N) is 4. The van der Waals surface area contributed by atoms with Crippen molar-refractivity contribution >= 4 is 55.5 Å². The van der Waals surface area contributed by atoms with Crippen LogP contribution in [0.15, 0.2) is 36.4 Å². The van der Waals surface area contributed by atoms with Crippen molar-refractivity contribution in [3.8, 4) is 5.75 Å². The van der Waals surface area contributed by atoms with Crippen LogP contribution in [0.3, 0.4) is 0 Å². The standard InChI is InChI=1S/C23H21F3N6O3S/c1-31-17-7-4-13(18(33)3-2-9-32-10-8-27-22(32)34)11-16(17)28-20(31)30-21-29-15-6-5-14(12-19(15)36-21)35-23(24,25)26/h4-7,11-12H,2-3,8-10H2,1H3,(H,27,34)(H,28,29,30). The highest BCUT2D eigenvalue weighted by molar-refractivity contribution is 7.22. The zero-order chi connectivity index (χ0) is 25.4. The highest BCUT2D eigenvalue weighted by Crippen LogP contribution is 2.33. The summed E-state index contributed by atoms with van der Waals surface area (Å²) >= 11 is 1.17.